The van der Waals surface area contributed by atoms with E-state index in [1.54, 1.807) is 7.11 Å². The van der Waals surface area contributed by atoms with Crippen LogP contribution in [0.3, 0.4) is 0 Å². The molecule has 1 aromatic carbocycles. The standard InChI is InChI=1S/C21H29N3O3/c1-15-11-18(26-3)7-8-20(15)22-21(25)9-6-17-5-4-10-24(13-17)14-19-12-16(2)23-27-19/h7-8,11-12,17H,4-6,9-10,13-14H2,1-3H3,(H,22,25). The van der Waals surface area contributed by atoms with Gasteiger partial charge in [-0.15, -0.1) is 0 Å². The molecule has 2 aromatic rings. The van der Waals surface area contributed by atoms with E-state index in [9.17, 15) is 4.79 Å². The van der Waals surface area contributed by atoms with E-state index >= 15 is 0 Å². The molecule has 1 fully saturated rings. The van der Waals surface area contributed by atoms with Crippen LogP contribution in [0.15, 0.2) is 28.8 Å². The number of hydrogen-bond acceptors (Lipinski definition) is 5. The molecule has 0 saturated carbocycles. The van der Waals surface area contributed by atoms with Crippen LogP contribution in [0.1, 0.15) is 42.7 Å². The number of methoxy groups -OCH3 is 1. The normalized spacial score (nSPS) is 17.7. The molecular formula is C21H29N3O3. The summed E-state index contributed by atoms with van der Waals surface area (Å²) >= 11 is 0. The number of aromatic nitrogens is 1. The van der Waals surface area contributed by atoms with Crippen LogP contribution in [0.2, 0.25) is 0 Å². The van der Waals surface area contributed by atoms with Gasteiger partial charge in [0.15, 0.2) is 5.76 Å². The first kappa shape index (κ1) is 19.4. The molecule has 27 heavy (non-hydrogen) atoms. The number of benzene rings is 1. The molecule has 1 N–H and O–H groups in total. The van der Waals surface area contributed by atoms with E-state index < -0.39 is 0 Å². The molecule has 3 rings (SSSR count). The molecule has 1 unspecified atom stereocenters. The van der Waals surface area contributed by atoms with Gasteiger partial charge in [0.1, 0.15) is 5.75 Å². The number of piperidine rings is 1. The summed E-state index contributed by atoms with van der Waals surface area (Å²) in [6, 6.07) is 7.69. The first-order chi connectivity index (χ1) is 13.0. The van der Waals surface area contributed by atoms with Crippen LogP contribution in [-0.2, 0) is 11.3 Å². The Kier molecular flexibility index (Phi) is 6.50. The molecule has 1 aliphatic heterocycles. The zero-order valence-corrected chi connectivity index (χ0v) is 16.5. The van der Waals surface area contributed by atoms with Crippen molar-refractivity contribution in [3.63, 3.8) is 0 Å². The number of nitrogens with zero attached hydrogens (tertiary/aromatic N) is 2. The highest BCUT2D eigenvalue weighted by atomic mass is 16.5. The van der Waals surface area contributed by atoms with Gasteiger partial charge in [0.2, 0.25) is 5.91 Å². The van der Waals surface area contributed by atoms with Gasteiger partial charge in [-0.05, 0) is 69.3 Å². The molecule has 2 heterocycles. The molecule has 6 nitrogen and oxygen atoms in total. The minimum absolute atomic E-state index is 0.0752. The molecule has 0 spiro atoms. The summed E-state index contributed by atoms with van der Waals surface area (Å²) in [4.78, 5) is 14.8. The molecule has 1 saturated heterocycles. The van der Waals surface area contributed by atoms with Crippen molar-refractivity contribution >= 4 is 11.6 Å². The highest BCUT2D eigenvalue weighted by Gasteiger charge is 2.21. The van der Waals surface area contributed by atoms with E-state index in [0.29, 0.717) is 12.3 Å². The molecule has 0 bridgehead atoms. The zero-order valence-electron chi connectivity index (χ0n) is 16.5. The van der Waals surface area contributed by atoms with Crippen molar-refractivity contribution in [1.82, 2.24) is 10.1 Å². The van der Waals surface area contributed by atoms with E-state index in [0.717, 1.165) is 60.9 Å². The van der Waals surface area contributed by atoms with Gasteiger partial charge in [-0.2, -0.15) is 0 Å². The smallest absolute Gasteiger partial charge is 0.224 e. The van der Waals surface area contributed by atoms with Crippen LogP contribution in [-0.4, -0.2) is 36.2 Å². The highest BCUT2D eigenvalue weighted by molar-refractivity contribution is 5.91. The van der Waals surface area contributed by atoms with Crippen molar-refractivity contribution in [2.24, 2.45) is 5.92 Å². The third-order valence-electron chi connectivity index (χ3n) is 5.15. The molecule has 0 radical (unpaired) electrons. The van der Waals surface area contributed by atoms with Crippen molar-refractivity contribution in [3.8, 4) is 5.75 Å². The lowest BCUT2D eigenvalue weighted by Gasteiger charge is -2.31. The number of aryl methyl sites for hydroxylation is 2. The Hall–Kier alpha value is -2.34. The Morgan fingerprint density at radius 3 is 2.93 bits per heavy atom. The monoisotopic (exact) mass is 371 g/mol. The number of hydrogen-bond donors (Lipinski definition) is 1. The molecule has 1 aliphatic rings. The molecular weight excluding hydrogens is 342 g/mol. The Bertz CT molecular complexity index is 772. The summed E-state index contributed by atoms with van der Waals surface area (Å²) in [5.74, 6) is 2.34. The van der Waals surface area contributed by atoms with Gasteiger partial charge >= 0.3 is 0 Å². The van der Waals surface area contributed by atoms with Gasteiger partial charge in [0, 0.05) is 24.7 Å². The van der Waals surface area contributed by atoms with E-state index in [1.807, 2.05) is 38.1 Å². The number of nitrogens with one attached hydrogen (secondary N) is 1. The van der Waals surface area contributed by atoms with Crippen LogP contribution in [0.25, 0.3) is 0 Å². The summed E-state index contributed by atoms with van der Waals surface area (Å²) in [6.45, 7) is 6.80. The van der Waals surface area contributed by atoms with Crippen LogP contribution in [0, 0.1) is 19.8 Å². The minimum atomic E-state index is 0.0752. The summed E-state index contributed by atoms with van der Waals surface area (Å²) in [6.07, 6.45) is 3.80. The number of carbonyl (C=O) groups excluding carboxylic acids is 1. The van der Waals surface area contributed by atoms with Crippen molar-refractivity contribution < 1.29 is 14.1 Å². The minimum Gasteiger partial charge on any atom is -0.497 e. The quantitative estimate of drug-likeness (QED) is 0.799. The number of amides is 1. The van der Waals surface area contributed by atoms with Crippen molar-refractivity contribution in [2.45, 2.75) is 46.1 Å². The molecule has 1 aromatic heterocycles. The van der Waals surface area contributed by atoms with Gasteiger partial charge in [-0.1, -0.05) is 5.16 Å². The molecule has 1 atom stereocenters. The Morgan fingerprint density at radius 1 is 1.37 bits per heavy atom. The largest absolute Gasteiger partial charge is 0.497 e. The fraction of sp³-hybridized carbons (Fsp3) is 0.524. The van der Waals surface area contributed by atoms with Crippen LogP contribution in [0.5, 0.6) is 5.75 Å². The molecule has 0 aliphatic carbocycles. The second-order valence-corrected chi connectivity index (χ2v) is 7.45. The van der Waals surface area contributed by atoms with Crippen molar-refractivity contribution in [1.29, 1.82) is 0 Å². The summed E-state index contributed by atoms with van der Waals surface area (Å²) in [7, 11) is 1.64. The van der Waals surface area contributed by atoms with E-state index in [1.165, 1.54) is 6.42 Å². The van der Waals surface area contributed by atoms with Gasteiger partial charge in [0.25, 0.3) is 0 Å². The third kappa shape index (κ3) is 5.57. The van der Waals surface area contributed by atoms with E-state index in [4.69, 9.17) is 9.26 Å². The molecule has 6 heteroatoms. The lowest BCUT2D eigenvalue weighted by molar-refractivity contribution is -0.116. The first-order valence-corrected chi connectivity index (χ1v) is 9.62. The third-order valence-corrected chi connectivity index (χ3v) is 5.15. The maximum absolute atomic E-state index is 12.4. The number of anilines is 1. The number of carbonyl (C=O) groups is 1. The average Bonchev–Trinajstić information content (AvgIpc) is 3.06. The van der Waals surface area contributed by atoms with Crippen LogP contribution >= 0.6 is 0 Å². The fourth-order valence-electron chi connectivity index (χ4n) is 3.69. The van der Waals surface area contributed by atoms with Crippen molar-refractivity contribution in [3.05, 3.63) is 41.3 Å². The fourth-order valence-corrected chi connectivity index (χ4v) is 3.69. The second-order valence-electron chi connectivity index (χ2n) is 7.45. The summed E-state index contributed by atoms with van der Waals surface area (Å²) in [5, 5.41) is 6.98. The summed E-state index contributed by atoms with van der Waals surface area (Å²) in [5.41, 5.74) is 2.78. The SMILES string of the molecule is COc1ccc(NC(=O)CCC2CCCN(Cc3cc(C)no3)C2)c(C)c1. The molecule has 1 amide bonds. The van der Waals surface area contributed by atoms with Crippen LogP contribution < -0.4 is 10.1 Å². The lowest BCUT2D eigenvalue weighted by atomic mass is 9.93. The van der Waals surface area contributed by atoms with Gasteiger partial charge < -0.3 is 14.6 Å². The number of rotatable bonds is 7. The second kappa shape index (κ2) is 9.04. The Labute approximate surface area is 160 Å². The number of likely N-dealkylation sites (tertiary alicyclic amines) is 1. The summed E-state index contributed by atoms with van der Waals surface area (Å²) < 4.78 is 10.5. The van der Waals surface area contributed by atoms with Gasteiger partial charge in [0.05, 0.1) is 19.3 Å². The predicted molar refractivity (Wildman–Crippen MR) is 105 cm³/mol. The lowest BCUT2D eigenvalue weighted by Crippen LogP contribution is -2.35. The highest BCUT2D eigenvalue weighted by Crippen LogP contribution is 2.24. The molecule has 146 valence electrons. The average molecular weight is 371 g/mol. The number of ether oxygens (including phenoxy) is 1. The zero-order chi connectivity index (χ0) is 19.2. The first-order valence-electron chi connectivity index (χ1n) is 9.62. The van der Waals surface area contributed by atoms with Crippen molar-refractivity contribution in [2.75, 3.05) is 25.5 Å². The predicted octanol–water partition coefficient (Wildman–Crippen LogP) is 3.93. The van der Waals surface area contributed by atoms with Crippen LogP contribution in [0.4, 0.5) is 5.69 Å². The maximum Gasteiger partial charge on any atom is 0.224 e. The van der Waals surface area contributed by atoms with E-state index in [2.05, 4.69) is 15.4 Å². The van der Waals surface area contributed by atoms with Gasteiger partial charge in [-0.3, -0.25) is 9.69 Å². The Morgan fingerprint density at radius 2 is 2.22 bits per heavy atom. The van der Waals surface area contributed by atoms with E-state index in [-0.39, 0.29) is 5.91 Å². The van der Waals surface area contributed by atoms with Gasteiger partial charge in [-0.25, -0.2) is 0 Å². The maximum atomic E-state index is 12.4. The topological polar surface area (TPSA) is 67.6 Å². The Balaban J connectivity index is 1.45.